The van der Waals surface area contributed by atoms with E-state index in [4.69, 9.17) is 0 Å². The number of carbonyl (C=O) groups is 2. The van der Waals surface area contributed by atoms with Crippen LogP contribution in [0.4, 0.5) is 5.13 Å². The Kier molecular flexibility index (Phi) is 3.95. The molecule has 2 N–H and O–H groups in total. The number of aromatic nitrogens is 1. The van der Waals surface area contributed by atoms with Gasteiger partial charge in [-0.3, -0.25) is 15.0 Å². The molecule has 6 nitrogen and oxygen atoms in total. The first-order valence-corrected chi connectivity index (χ1v) is 8.24. The number of amides is 2. The molecule has 2 aliphatic rings. The fraction of sp³-hybridized carbons (Fsp3) is 0.643. The maximum Gasteiger partial charge on any atom is 0.236 e. The van der Waals surface area contributed by atoms with Crippen LogP contribution < -0.4 is 10.7 Å². The highest BCUT2D eigenvalue weighted by Gasteiger charge is 2.45. The summed E-state index contributed by atoms with van der Waals surface area (Å²) >= 11 is 1.41. The van der Waals surface area contributed by atoms with Gasteiger partial charge >= 0.3 is 0 Å². The summed E-state index contributed by atoms with van der Waals surface area (Å²) in [5.74, 6) is -0.0108. The summed E-state index contributed by atoms with van der Waals surface area (Å²) in [6.07, 6.45) is 6.34. The summed E-state index contributed by atoms with van der Waals surface area (Å²) < 4.78 is 0. The molecule has 2 amide bonds. The van der Waals surface area contributed by atoms with Crippen molar-refractivity contribution in [3.05, 3.63) is 11.1 Å². The molecule has 21 heavy (non-hydrogen) atoms. The Labute approximate surface area is 127 Å². The molecule has 0 aromatic carbocycles. The molecule has 0 radical (unpaired) electrons. The van der Waals surface area contributed by atoms with Gasteiger partial charge in [-0.25, -0.2) is 9.99 Å². The lowest BCUT2D eigenvalue weighted by Gasteiger charge is -2.39. The third-order valence-corrected chi connectivity index (χ3v) is 5.07. The molecular weight excluding hydrogens is 288 g/mol. The number of carbonyl (C=O) groups excluding carboxylic acids is 2. The van der Waals surface area contributed by atoms with E-state index in [9.17, 15) is 9.59 Å². The van der Waals surface area contributed by atoms with Crippen molar-refractivity contribution >= 4 is 28.3 Å². The quantitative estimate of drug-likeness (QED) is 0.896. The van der Waals surface area contributed by atoms with Gasteiger partial charge in [0.15, 0.2) is 5.13 Å². The lowest BCUT2D eigenvalue weighted by molar-refractivity contribution is -0.121. The van der Waals surface area contributed by atoms with E-state index >= 15 is 0 Å². The first-order valence-electron chi connectivity index (χ1n) is 7.37. The molecule has 0 atom stereocenters. The van der Waals surface area contributed by atoms with Crippen LogP contribution in [0.2, 0.25) is 0 Å². The Morgan fingerprint density at radius 1 is 1.48 bits per heavy atom. The molecule has 7 heteroatoms. The Bertz CT molecular complexity index is 551. The van der Waals surface area contributed by atoms with Gasteiger partial charge < -0.3 is 5.32 Å². The van der Waals surface area contributed by atoms with Crippen molar-refractivity contribution in [3.8, 4) is 0 Å². The molecule has 1 aliphatic heterocycles. The van der Waals surface area contributed by atoms with Crippen LogP contribution in [0.3, 0.4) is 0 Å². The largest absolute Gasteiger partial charge is 0.302 e. The first-order chi connectivity index (χ1) is 10.1. The predicted octanol–water partition coefficient (Wildman–Crippen LogP) is 2.04. The molecule has 1 saturated heterocycles. The van der Waals surface area contributed by atoms with E-state index in [1.54, 1.807) is 0 Å². The van der Waals surface area contributed by atoms with Crippen LogP contribution in [0, 0.1) is 0 Å². The normalized spacial score (nSPS) is 21.5. The average molecular weight is 308 g/mol. The number of hydrogen-bond acceptors (Lipinski definition) is 5. The standard InChI is InChI=1S/C14H20N4O2S/c1-10(19)15-13-16-11(9-21-13)8-18-14(7-12(20)17-18)5-3-2-4-6-14/h9H,2-8H2,1H3,(H,17,20)(H,15,16,19). The van der Waals surface area contributed by atoms with Gasteiger partial charge in [0.05, 0.1) is 12.2 Å². The number of nitrogens with one attached hydrogen (secondary N) is 2. The lowest BCUT2D eigenvalue weighted by Crippen LogP contribution is -2.48. The van der Waals surface area contributed by atoms with Crippen LogP contribution in [0.25, 0.3) is 0 Å². The molecule has 2 heterocycles. The van der Waals surface area contributed by atoms with Crippen molar-refractivity contribution in [3.63, 3.8) is 0 Å². The summed E-state index contributed by atoms with van der Waals surface area (Å²) in [5, 5.41) is 7.31. The van der Waals surface area contributed by atoms with E-state index in [0.717, 1.165) is 18.5 Å². The molecule has 2 fully saturated rings. The Hall–Kier alpha value is -1.47. The van der Waals surface area contributed by atoms with E-state index in [1.807, 2.05) is 5.38 Å². The molecule has 1 saturated carbocycles. The maximum absolute atomic E-state index is 11.8. The number of thiazole rings is 1. The fourth-order valence-corrected chi connectivity index (χ4v) is 4.06. The molecule has 1 spiro atoms. The average Bonchev–Trinajstić information content (AvgIpc) is 2.96. The summed E-state index contributed by atoms with van der Waals surface area (Å²) in [4.78, 5) is 27.3. The van der Waals surface area contributed by atoms with Crippen molar-refractivity contribution in [1.29, 1.82) is 0 Å². The first kappa shape index (κ1) is 14.5. The van der Waals surface area contributed by atoms with Crippen molar-refractivity contribution in [2.24, 2.45) is 0 Å². The van der Waals surface area contributed by atoms with Gasteiger partial charge in [-0.15, -0.1) is 11.3 Å². The second kappa shape index (κ2) is 5.73. The van der Waals surface area contributed by atoms with Crippen LogP contribution in [0.15, 0.2) is 5.38 Å². The number of hydrazine groups is 1. The Balaban J connectivity index is 1.72. The van der Waals surface area contributed by atoms with Gasteiger partial charge in [0, 0.05) is 24.3 Å². The summed E-state index contributed by atoms with van der Waals surface area (Å²) in [6.45, 7) is 2.07. The van der Waals surface area contributed by atoms with Crippen molar-refractivity contribution in [1.82, 2.24) is 15.4 Å². The van der Waals surface area contributed by atoms with Gasteiger partial charge in [-0.2, -0.15) is 0 Å². The van der Waals surface area contributed by atoms with Gasteiger partial charge in [0.2, 0.25) is 11.8 Å². The van der Waals surface area contributed by atoms with Crippen LogP contribution >= 0.6 is 11.3 Å². The number of rotatable bonds is 3. The number of hydrogen-bond donors (Lipinski definition) is 2. The van der Waals surface area contributed by atoms with Gasteiger partial charge in [-0.1, -0.05) is 19.3 Å². The van der Waals surface area contributed by atoms with Crippen LogP contribution in [0.5, 0.6) is 0 Å². The molecule has 0 unspecified atom stereocenters. The van der Waals surface area contributed by atoms with Crippen LogP contribution in [-0.2, 0) is 16.1 Å². The molecule has 1 aromatic rings. The lowest BCUT2D eigenvalue weighted by atomic mass is 9.79. The van der Waals surface area contributed by atoms with Gasteiger partial charge in [-0.05, 0) is 12.8 Å². The minimum atomic E-state index is -0.117. The highest BCUT2D eigenvalue weighted by Crippen LogP contribution is 2.39. The maximum atomic E-state index is 11.8. The van der Waals surface area contributed by atoms with Crippen LogP contribution in [0.1, 0.15) is 51.1 Å². The van der Waals surface area contributed by atoms with E-state index in [1.165, 1.54) is 37.5 Å². The summed E-state index contributed by atoms with van der Waals surface area (Å²) in [6, 6.07) is 0. The Morgan fingerprint density at radius 2 is 2.24 bits per heavy atom. The zero-order valence-electron chi connectivity index (χ0n) is 12.1. The second-order valence-electron chi connectivity index (χ2n) is 5.91. The monoisotopic (exact) mass is 308 g/mol. The molecule has 1 aliphatic carbocycles. The van der Waals surface area contributed by atoms with Crippen LogP contribution in [-0.4, -0.2) is 27.3 Å². The fourth-order valence-electron chi connectivity index (χ4n) is 3.32. The summed E-state index contributed by atoms with van der Waals surface area (Å²) in [5.41, 5.74) is 3.84. The van der Waals surface area contributed by atoms with Crippen molar-refractivity contribution in [2.75, 3.05) is 5.32 Å². The summed E-state index contributed by atoms with van der Waals surface area (Å²) in [7, 11) is 0. The topological polar surface area (TPSA) is 74.3 Å². The van der Waals surface area contributed by atoms with Crippen molar-refractivity contribution < 1.29 is 9.59 Å². The zero-order valence-corrected chi connectivity index (χ0v) is 13.0. The van der Waals surface area contributed by atoms with Crippen molar-refractivity contribution in [2.45, 2.75) is 57.5 Å². The van der Waals surface area contributed by atoms with E-state index in [2.05, 4.69) is 20.7 Å². The number of nitrogens with zero attached hydrogens (tertiary/aromatic N) is 2. The smallest absolute Gasteiger partial charge is 0.236 e. The van der Waals surface area contributed by atoms with Gasteiger partial charge in [0.1, 0.15) is 0 Å². The zero-order chi connectivity index (χ0) is 14.9. The Morgan fingerprint density at radius 3 is 2.95 bits per heavy atom. The highest BCUT2D eigenvalue weighted by molar-refractivity contribution is 7.13. The third kappa shape index (κ3) is 3.08. The molecule has 0 bridgehead atoms. The molecule has 3 rings (SSSR count). The minimum Gasteiger partial charge on any atom is -0.302 e. The second-order valence-corrected chi connectivity index (χ2v) is 6.77. The van der Waals surface area contributed by atoms with E-state index < -0.39 is 0 Å². The third-order valence-electron chi connectivity index (χ3n) is 4.26. The molecular formula is C14H20N4O2S. The molecule has 114 valence electrons. The van der Waals surface area contributed by atoms with E-state index in [-0.39, 0.29) is 17.4 Å². The highest BCUT2D eigenvalue weighted by atomic mass is 32.1. The SMILES string of the molecule is CC(=O)Nc1nc(CN2NC(=O)CC23CCCCC3)cs1. The predicted molar refractivity (Wildman–Crippen MR) is 80.5 cm³/mol. The van der Waals surface area contributed by atoms with Gasteiger partial charge in [0.25, 0.3) is 0 Å². The minimum absolute atomic E-state index is 0.0346. The van der Waals surface area contributed by atoms with E-state index in [0.29, 0.717) is 18.1 Å². The number of anilines is 1. The molecule has 1 aromatic heterocycles.